The van der Waals surface area contributed by atoms with Crippen molar-refractivity contribution in [3.05, 3.63) is 52.8 Å². The molecule has 0 amide bonds. The van der Waals surface area contributed by atoms with Crippen LogP contribution in [-0.2, 0) is 4.74 Å². The highest BCUT2D eigenvalue weighted by atomic mass is 35.7. The molecule has 104 valence electrons. The van der Waals surface area contributed by atoms with E-state index >= 15 is 0 Å². The first kappa shape index (κ1) is 13.7. The molecular formula is C16H15ClO2S. The van der Waals surface area contributed by atoms with Crippen LogP contribution in [0, 0.1) is 0 Å². The summed E-state index contributed by atoms with van der Waals surface area (Å²) in [5, 5.41) is 1.57. The summed E-state index contributed by atoms with van der Waals surface area (Å²) in [6.45, 7) is 2.71. The molecule has 0 bridgehead atoms. The van der Waals surface area contributed by atoms with E-state index in [-0.39, 0.29) is 11.0 Å². The number of ketones is 1. The molecule has 0 fully saturated rings. The molecule has 20 heavy (non-hydrogen) atoms. The minimum Gasteiger partial charge on any atom is -0.493 e. The first-order chi connectivity index (χ1) is 9.72. The van der Waals surface area contributed by atoms with Gasteiger partial charge in [0.15, 0.2) is 5.78 Å². The lowest BCUT2D eigenvalue weighted by molar-refractivity contribution is 0.0993. The molecule has 0 saturated carbocycles. The van der Waals surface area contributed by atoms with Crippen molar-refractivity contribution < 1.29 is 9.53 Å². The predicted molar refractivity (Wildman–Crippen MR) is 86.4 cm³/mol. The number of hydrogen-bond acceptors (Lipinski definition) is 2. The predicted octanol–water partition coefficient (Wildman–Crippen LogP) is 4.18. The van der Waals surface area contributed by atoms with Crippen molar-refractivity contribution in [3.63, 3.8) is 0 Å². The molecule has 2 nitrogen and oxygen atoms in total. The molecule has 0 N–H and O–H groups in total. The number of hydrogen-bond donors (Lipinski definition) is 0. The summed E-state index contributed by atoms with van der Waals surface area (Å²) in [7, 11) is 5.76. The van der Waals surface area contributed by atoms with Crippen molar-refractivity contribution in [2.24, 2.45) is 0 Å². The standard InChI is InChI=1S/C16H15ClO2S/c1-2-8-19-14-7-9-20(17)16-13(14)10-11-5-3-4-6-12(11)15(16)18/h3-7,9-10,16H,2,8H2,1H3. The monoisotopic (exact) mass is 306 g/mol. The Kier molecular flexibility index (Phi) is 3.81. The van der Waals surface area contributed by atoms with E-state index in [1.54, 1.807) is 0 Å². The Balaban J connectivity index is 2.09. The van der Waals surface area contributed by atoms with Crippen LogP contribution in [0.2, 0.25) is 0 Å². The third kappa shape index (κ3) is 2.25. The van der Waals surface area contributed by atoms with Crippen LogP contribution >= 0.6 is 20.4 Å². The highest BCUT2D eigenvalue weighted by molar-refractivity contribution is 8.35. The normalized spacial score (nSPS) is 24.0. The highest BCUT2D eigenvalue weighted by Gasteiger charge is 2.35. The Morgan fingerprint density at radius 3 is 2.95 bits per heavy atom. The van der Waals surface area contributed by atoms with Crippen LogP contribution in [0.15, 0.2) is 41.7 Å². The second kappa shape index (κ2) is 5.58. The van der Waals surface area contributed by atoms with Crippen molar-refractivity contribution in [2.75, 3.05) is 6.61 Å². The van der Waals surface area contributed by atoms with Crippen LogP contribution in [0.25, 0.3) is 6.08 Å². The van der Waals surface area contributed by atoms with E-state index in [1.165, 1.54) is 0 Å². The van der Waals surface area contributed by atoms with E-state index in [9.17, 15) is 4.79 Å². The zero-order valence-electron chi connectivity index (χ0n) is 11.1. The molecule has 3 rings (SSSR count). The summed E-state index contributed by atoms with van der Waals surface area (Å²) in [6, 6.07) is 7.65. The Bertz CT molecular complexity index is 658. The van der Waals surface area contributed by atoms with Crippen LogP contribution in [0.4, 0.5) is 0 Å². The first-order valence-corrected chi connectivity index (χ1v) is 8.81. The molecule has 0 saturated heterocycles. The molecule has 4 heteroatoms. The van der Waals surface area contributed by atoms with Gasteiger partial charge >= 0.3 is 0 Å². The van der Waals surface area contributed by atoms with E-state index in [2.05, 4.69) is 6.92 Å². The number of fused-ring (bicyclic) bond motifs is 2. The molecule has 2 unspecified atom stereocenters. The van der Waals surface area contributed by atoms with Gasteiger partial charge in [-0.05, 0) is 29.5 Å². The fourth-order valence-corrected chi connectivity index (χ4v) is 4.30. The Morgan fingerprint density at radius 1 is 1.35 bits per heavy atom. The van der Waals surface area contributed by atoms with Gasteiger partial charge in [0.2, 0.25) is 0 Å². The smallest absolute Gasteiger partial charge is 0.181 e. The summed E-state index contributed by atoms with van der Waals surface area (Å²) in [4.78, 5) is 12.7. The molecule has 1 aliphatic heterocycles. The summed E-state index contributed by atoms with van der Waals surface area (Å²) < 4.78 is 5.77. The van der Waals surface area contributed by atoms with Gasteiger partial charge in [-0.3, -0.25) is 4.79 Å². The van der Waals surface area contributed by atoms with E-state index in [0.717, 1.165) is 28.9 Å². The number of ether oxygens (including phenoxy) is 1. The molecule has 1 aromatic carbocycles. The number of halogens is 1. The van der Waals surface area contributed by atoms with E-state index in [0.29, 0.717) is 6.61 Å². The molecule has 2 aliphatic rings. The Labute approximate surface area is 125 Å². The van der Waals surface area contributed by atoms with Crippen LogP contribution in [0.1, 0.15) is 29.3 Å². The molecular weight excluding hydrogens is 292 g/mol. The zero-order valence-corrected chi connectivity index (χ0v) is 12.7. The lowest BCUT2D eigenvalue weighted by Gasteiger charge is -2.28. The van der Waals surface area contributed by atoms with Gasteiger partial charge in [-0.1, -0.05) is 51.6 Å². The van der Waals surface area contributed by atoms with Gasteiger partial charge in [0, 0.05) is 11.1 Å². The van der Waals surface area contributed by atoms with Gasteiger partial charge in [0.05, 0.1) is 6.61 Å². The number of allylic oxidation sites excluding steroid dienone is 2. The Hall–Kier alpha value is -1.32. The van der Waals surface area contributed by atoms with Gasteiger partial charge in [-0.15, -0.1) is 0 Å². The molecule has 0 radical (unpaired) electrons. The minimum absolute atomic E-state index is 0.0957. The summed E-state index contributed by atoms with van der Waals surface area (Å²) in [5.41, 5.74) is 2.62. The van der Waals surface area contributed by atoms with Crippen molar-refractivity contribution in [1.29, 1.82) is 0 Å². The van der Waals surface area contributed by atoms with E-state index in [1.807, 2.05) is 41.8 Å². The second-order valence-electron chi connectivity index (χ2n) is 4.76. The maximum atomic E-state index is 12.7. The summed E-state index contributed by atoms with van der Waals surface area (Å²) in [6.07, 6.45) is 4.88. The lowest BCUT2D eigenvalue weighted by Crippen LogP contribution is -2.28. The fourth-order valence-electron chi connectivity index (χ4n) is 2.44. The third-order valence-electron chi connectivity index (χ3n) is 3.38. The summed E-state index contributed by atoms with van der Waals surface area (Å²) in [5.74, 6) is 0.877. The van der Waals surface area contributed by atoms with E-state index in [4.69, 9.17) is 15.4 Å². The average molecular weight is 307 g/mol. The first-order valence-electron chi connectivity index (χ1n) is 6.63. The molecule has 1 aliphatic carbocycles. The largest absolute Gasteiger partial charge is 0.493 e. The minimum atomic E-state index is -0.597. The maximum absolute atomic E-state index is 12.7. The van der Waals surface area contributed by atoms with Crippen LogP contribution in [0.3, 0.4) is 0 Å². The zero-order chi connectivity index (χ0) is 14.1. The topological polar surface area (TPSA) is 26.3 Å². The molecule has 1 aromatic rings. The lowest BCUT2D eigenvalue weighted by atomic mass is 9.89. The number of Topliss-reactive ketones (excluding diaryl/α,β-unsaturated/α-hetero) is 1. The van der Waals surface area contributed by atoms with Gasteiger partial charge in [-0.25, -0.2) is 0 Å². The SMILES string of the molecule is CCCOC1=CC=S(Cl)C2C(=O)c3ccccc3C=C12. The maximum Gasteiger partial charge on any atom is 0.181 e. The highest BCUT2D eigenvalue weighted by Crippen LogP contribution is 2.43. The number of carbonyl (C=O) groups is 1. The van der Waals surface area contributed by atoms with Crippen molar-refractivity contribution in [2.45, 2.75) is 18.6 Å². The fraction of sp³-hybridized carbons (Fsp3) is 0.250. The number of carbonyl (C=O) groups excluding carboxylic acids is 1. The molecule has 0 spiro atoms. The number of benzene rings is 1. The quantitative estimate of drug-likeness (QED) is 0.783. The van der Waals surface area contributed by atoms with Crippen LogP contribution < -0.4 is 0 Å². The number of rotatable bonds is 3. The van der Waals surface area contributed by atoms with Crippen molar-refractivity contribution in [3.8, 4) is 0 Å². The van der Waals surface area contributed by atoms with Gasteiger partial charge in [-0.2, -0.15) is 0 Å². The van der Waals surface area contributed by atoms with Gasteiger partial charge in [0.25, 0.3) is 0 Å². The average Bonchev–Trinajstić information content (AvgIpc) is 2.47. The van der Waals surface area contributed by atoms with Gasteiger partial charge in [0.1, 0.15) is 11.0 Å². The summed E-state index contributed by atoms with van der Waals surface area (Å²) >= 11 is 0. The molecule has 1 heterocycles. The molecule has 2 atom stereocenters. The van der Waals surface area contributed by atoms with E-state index < -0.39 is 9.70 Å². The van der Waals surface area contributed by atoms with Crippen LogP contribution in [-0.4, -0.2) is 23.0 Å². The Morgan fingerprint density at radius 2 is 2.15 bits per heavy atom. The van der Waals surface area contributed by atoms with Crippen molar-refractivity contribution >= 4 is 37.6 Å². The van der Waals surface area contributed by atoms with Crippen molar-refractivity contribution in [1.82, 2.24) is 0 Å². The molecule has 0 aromatic heterocycles. The third-order valence-corrected chi connectivity index (χ3v) is 5.54. The van der Waals surface area contributed by atoms with Crippen LogP contribution in [0.5, 0.6) is 0 Å². The van der Waals surface area contributed by atoms with Gasteiger partial charge < -0.3 is 4.74 Å². The second-order valence-corrected chi connectivity index (χ2v) is 7.20.